The zero-order chi connectivity index (χ0) is 14.3. The van der Waals surface area contributed by atoms with Gasteiger partial charge in [0, 0.05) is 18.0 Å². The first-order valence-electron chi connectivity index (χ1n) is 6.07. The maximum atomic E-state index is 12.9. The predicted molar refractivity (Wildman–Crippen MR) is 70.4 cm³/mol. The van der Waals surface area contributed by atoms with Gasteiger partial charge in [0.05, 0.1) is 11.3 Å². The van der Waals surface area contributed by atoms with E-state index in [1.54, 1.807) is 12.4 Å². The molecule has 0 N–H and O–H groups in total. The van der Waals surface area contributed by atoms with E-state index in [1.165, 1.54) is 10.5 Å². The van der Waals surface area contributed by atoms with Gasteiger partial charge in [-0.25, -0.2) is 4.98 Å². The van der Waals surface area contributed by atoms with Gasteiger partial charge >= 0.3 is 6.18 Å². The molecule has 0 atom stereocenters. The molecule has 2 aromatic heterocycles. The molecule has 0 aliphatic heterocycles. The van der Waals surface area contributed by atoms with Gasteiger partial charge in [0.15, 0.2) is 0 Å². The molecule has 102 valence electrons. The number of halogens is 3. The molecular weight excluding hydrogens is 265 g/mol. The summed E-state index contributed by atoms with van der Waals surface area (Å²) in [6.07, 6.45) is -1.23. The monoisotopic (exact) mass is 276 g/mol. The van der Waals surface area contributed by atoms with Crippen molar-refractivity contribution in [2.45, 2.75) is 13.1 Å². The number of imidazole rings is 1. The highest BCUT2D eigenvalue weighted by atomic mass is 19.4. The van der Waals surface area contributed by atoms with Crippen molar-refractivity contribution < 1.29 is 13.2 Å². The standard InChI is InChI=1S/C15H11F3N2/c1-10-4-6-11(7-5-10)13-9-20-8-2-3-12(14(20)19-13)15(16,17)18/h2-9H,1H3. The molecule has 0 saturated carbocycles. The maximum Gasteiger partial charge on any atom is 0.419 e. The second-order valence-corrected chi connectivity index (χ2v) is 4.64. The zero-order valence-corrected chi connectivity index (χ0v) is 10.6. The van der Waals surface area contributed by atoms with E-state index in [9.17, 15) is 13.2 Å². The molecular formula is C15H11F3N2. The number of pyridine rings is 1. The van der Waals surface area contributed by atoms with Crippen molar-refractivity contribution in [3.63, 3.8) is 0 Å². The van der Waals surface area contributed by atoms with Crippen molar-refractivity contribution in [2.24, 2.45) is 0 Å². The highest BCUT2D eigenvalue weighted by Gasteiger charge is 2.33. The molecule has 3 rings (SSSR count). The number of alkyl halides is 3. The molecule has 0 aliphatic rings. The lowest BCUT2D eigenvalue weighted by molar-refractivity contribution is -0.136. The van der Waals surface area contributed by atoms with Gasteiger partial charge in [-0.15, -0.1) is 0 Å². The zero-order valence-electron chi connectivity index (χ0n) is 10.6. The lowest BCUT2D eigenvalue weighted by Crippen LogP contribution is -2.07. The molecule has 0 amide bonds. The molecule has 0 saturated heterocycles. The first kappa shape index (κ1) is 12.7. The van der Waals surface area contributed by atoms with Gasteiger partial charge in [0.2, 0.25) is 0 Å². The summed E-state index contributed by atoms with van der Waals surface area (Å²) in [5.74, 6) is 0. The van der Waals surface area contributed by atoms with Gasteiger partial charge in [-0.05, 0) is 19.1 Å². The number of hydrogen-bond acceptors (Lipinski definition) is 1. The molecule has 2 nitrogen and oxygen atoms in total. The van der Waals surface area contributed by atoms with Crippen LogP contribution in [0.15, 0.2) is 48.8 Å². The second kappa shape index (κ2) is 4.37. The minimum Gasteiger partial charge on any atom is -0.306 e. The second-order valence-electron chi connectivity index (χ2n) is 4.64. The summed E-state index contributed by atoms with van der Waals surface area (Å²) in [7, 11) is 0. The fourth-order valence-corrected chi connectivity index (χ4v) is 2.10. The maximum absolute atomic E-state index is 12.9. The third-order valence-corrected chi connectivity index (χ3v) is 3.14. The Morgan fingerprint density at radius 3 is 2.40 bits per heavy atom. The van der Waals surface area contributed by atoms with Crippen molar-refractivity contribution in [3.8, 4) is 11.3 Å². The van der Waals surface area contributed by atoms with Crippen LogP contribution in [-0.2, 0) is 6.18 Å². The molecule has 0 unspecified atom stereocenters. The molecule has 20 heavy (non-hydrogen) atoms. The van der Waals surface area contributed by atoms with Gasteiger partial charge in [-0.3, -0.25) is 0 Å². The van der Waals surface area contributed by atoms with Crippen LogP contribution in [0, 0.1) is 6.92 Å². The molecule has 5 heteroatoms. The Morgan fingerprint density at radius 1 is 1.05 bits per heavy atom. The molecule has 1 aromatic carbocycles. The number of aryl methyl sites for hydroxylation is 1. The van der Waals surface area contributed by atoms with Crippen molar-refractivity contribution in [1.82, 2.24) is 9.38 Å². The van der Waals surface area contributed by atoms with Crippen molar-refractivity contribution in [3.05, 3.63) is 59.9 Å². The summed E-state index contributed by atoms with van der Waals surface area (Å²) >= 11 is 0. The number of nitrogens with zero attached hydrogens (tertiary/aromatic N) is 2. The Kier molecular flexibility index (Phi) is 2.78. The van der Waals surface area contributed by atoms with Crippen molar-refractivity contribution in [1.29, 1.82) is 0 Å². The molecule has 2 heterocycles. The van der Waals surface area contributed by atoms with Crippen LogP contribution >= 0.6 is 0 Å². The number of benzene rings is 1. The number of fused-ring (bicyclic) bond motifs is 1. The SMILES string of the molecule is Cc1ccc(-c2cn3cccc(C(F)(F)F)c3n2)cc1. The van der Waals surface area contributed by atoms with E-state index in [-0.39, 0.29) is 5.65 Å². The third-order valence-electron chi connectivity index (χ3n) is 3.14. The van der Waals surface area contributed by atoms with Crippen LogP contribution in [0.25, 0.3) is 16.9 Å². The molecule has 0 radical (unpaired) electrons. The number of aromatic nitrogens is 2. The van der Waals surface area contributed by atoms with Crippen molar-refractivity contribution in [2.75, 3.05) is 0 Å². The fraction of sp³-hybridized carbons (Fsp3) is 0.133. The number of hydrogen-bond donors (Lipinski definition) is 0. The van der Waals surface area contributed by atoms with E-state index in [1.807, 2.05) is 31.2 Å². The van der Waals surface area contributed by atoms with E-state index in [0.717, 1.165) is 17.2 Å². The summed E-state index contributed by atoms with van der Waals surface area (Å²) in [4.78, 5) is 4.12. The summed E-state index contributed by atoms with van der Waals surface area (Å²) < 4.78 is 40.2. The van der Waals surface area contributed by atoms with E-state index in [2.05, 4.69) is 4.98 Å². The predicted octanol–water partition coefficient (Wildman–Crippen LogP) is 4.33. The minimum atomic E-state index is -4.40. The Hall–Kier alpha value is -2.30. The van der Waals surface area contributed by atoms with Crippen LogP contribution in [0.5, 0.6) is 0 Å². The molecule has 0 aliphatic carbocycles. The highest BCUT2D eigenvalue weighted by molar-refractivity contribution is 5.64. The largest absolute Gasteiger partial charge is 0.419 e. The normalized spacial score (nSPS) is 12.0. The first-order chi connectivity index (χ1) is 9.45. The van der Waals surface area contributed by atoms with E-state index in [4.69, 9.17) is 0 Å². The Labute approximate surface area is 113 Å². The van der Waals surface area contributed by atoms with Gasteiger partial charge < -0.3 is 4.40 Å². The molecule has 0 spiro atoms. The smallest absolute Gasteiger partial charge is 0.306 e. The van der Waals surface area contributed by atoms with Crippen LogP contribution in [0.4, 0.5) is 13.2 Å². The van der Waals surface area contributed by atoms with Gasteiger partial charge in [-0.2, -0.15) is 13.2 Å². The summed E-state index contributed by atoms with van der Waals surface area (Å²) in [5.41, 5.74) is 1.62. The van der Waals surface area contributed by atoms with Gasteiger partial charge in [0.1, 0.15) is 5.65 Å². The lowest BCUT2D eigenvalue weighted by atomic mass is 10.1. The van der Waals surface area contributed by atoms with Gasteiger partial charge in [-0.1, -0.05) is 29.8 Å². The Bertz CT molecular complexity index is 755. The highest BCUT2D eigenvalue weighted by Crippen LogP contribution is 2.33. The van der Waals surface area contributed by atoms with Crippen LogP contribution in [-0.4, -0.2) is 9.38 Å². The third kappa shape index (κ3) is 2.15. The summed E-state index contributed by atoms with van der Waals surface area (Å²) in [6.45, 7) is 1.95. The average Bonchev–Trinajstić information content (AvgIpc) is 2.81. The Morgan fingerprint density at radius 2 is 1.75 bits per heavy atom. The van der Waals surface area contributed by atoms with Crippen LogP contribution in [0.3, 0.4) is 0 Å². The summed E-state index contributed by atoms with van der Waals surface area (Å²) in [6, 6.07) is 9.93. The van der Waals surface area contributed by atoms with E-state index < -0.39 is 11.7 Å². The first-order valence-corrected chi connectivity index (χ1v) is 6.07. The Balaban J connectivity index is 2.18. The topological polar surface area (TPSA) is 17.3 Å². The quantitative estimate of drug-likeness (QED) is 0.646. The van der Waals surface area contributed by atoms with Crippen LogP contribution < -0.4 is 0 Å². The van der Waals surface area contributed by atoms with Gasteiger partial charge in [0.25, 0.3) is 0 Å². The lowest BCUT2D eigenvalue weighted by Gasteiger charge is -2.06. The van der Waals surface area contributed by atoms with Crippen molar-refractivity contribution >= 4 is 5.65 Å². The van der Waals surface area contributed by atoms with E-state index >= 15 is 0 Å². The number of rotatable bonds is 1. The molecule has 3 aromatic rings. The summed E-state index contributed by atoms with van der Waals surface area (Å²) in [5, 5.41) is 0. The average molecular weight is 276 g/mol. The molecule has 0 fully saturated rings. The minimum absolute atomic E-state index is 0.0735. The van der Waals surface area contributed by atoms with E-state index in [0.29, 0.717) is 5.69 Å². The fourth-order valence-electron chi connectivity index (χ4n) is 2.10. The van der Waals surface area contributed by atoms with Crippen LogP contribution in [0.1, 0.15) is 11.1 Å². The molecule has 0 bridgehead atoms. The van der Waals surface area contributed by atoms with Crippen LogP contribution in [0.2, 0.25) is 0 Å².